The molecule has 2 fully saturated rings. The van der Waals surface area contributed by atoms with Crippen molar-refractivity contribution in [2.45, 2.75) is 45.4 Å². The van der Waals surface area contributed by atoms with Gasteiger partial charge in [0.25, 0.3) is 0 Å². The summed E-state index contributed by atoms with van der Waals surface area (Å²) < 4.78 is 0. The van der Waals surface area contributed by atoms with Crippen LogP contribution in [0.3, 0.4) is 0 Å². The smallest absolute Gasteiger partial charge is 0.227 e. The zero-order valence-corrected chi connectivity index (χ0v) is 14.7. The van der Waals surface area contributed by atoms with Gasteiger partial charge in [-0.3, -0.25) is 4.79 Å². The highest BCUT2D eigenvalue weighted by Crippen LogP contribution is 2.33. The highest BCUT2D eigenvalue weighted by molar-refractivity contribution is 5.95. The average Bonchev–Trinajstić information content (AvgIpc) is 2.62. The van der Waals surface area contributed by atoms with E-state index in [1.807, 2.05) is 18.2 Å². The summed E-state index contributed by atoms with van der Waals surface area (Å²) in [5, 5.41) is 12.5. The highest BCUT2D eigenvalue weighted by Gasteiger charge is 2.26. The molecule has 1 heterocycles. The Morgan fingerprint density at radius 3 is 2.67 bits per heavy atom. The molecular formula is C20H30N2O2. The second-order valence-electron chi connectivity index (χ2n) is 7.59. The lowest BCUT2D eigenvalue weighted by Gasteiger charge is -2.34. The van der Waals surface area contributed by atoms with E-state index in [4.69, 9.17) is 0 Å². The maximum Gasteiger partial charge on any atom is 0.227 e. The molecule has 132 valence electrons. The van der Waals surface area contributed by atoms with Gasteiger partial charge in [-0.25, -0.2) is 0 Å². The van der Waals surface area contributed by atoms with Gasteiger partial charge in [0.05, 0.1) is 11.4 Å². The van der Waals surface area contributed by atoms with E-state index in [9.17, 15) is 9.90 Å². The van der Waals surface area contributed by atoms with E-state index in [1.54, 1.807) is 0 Å². The first-order valence-corrected chi connectivity index (χ1v) is 9.43. The zero-order valence-electron chi connectivity index (χ0n) is 14.7. The molecule has 2 N–H and O–H groups in total. The number of nitrogens with zero attached hydrogens (tertiary/aromatic N) is 1. The fourth-order valence-corrected chi connectivity index (χ4v) is 4.12. The summed E-state index contributed by atoms with van der Waals surface area (Å²) in [7, 11) is 0. The predicted octanol–water partition coefficient (Wildman–Crippen LogP) is 3.66. The van der Waals surface area contributed by atoms with E-state index in [0.29, 0.717) is 11.8 Å². The maximum absolute atomic E-state index is 12.7. The van der Waals surface area contributed by atoms with Gasteiger partial charge < -0.3 is 15.3 Å². The van der Waals surface area contributed by atoms with Crippen LogP contribution in [0.1, 0.15) is 45.4 Å². The van der Waals surface area contributed by atoms with Crippen molar-refractivity contribution in [3.05, 3.63) is 24.3 Å². The molecule has 1 aliphatic heterocycles. The molecule has 3 rings (SSSR count). The number of nitrogens with one attached hydrogen (secondary N) is 1. The van der Waals surface area contributed by atoms with Crippen LogP contribution in [0.15, 0.2) is 24.3 Å². The molecule has 0 aromatic heterocycles. The molecule has 4 nitrogen and oxygen atoms in total. The zero-order chi connectivity index (χ0) is 16.9. The lowest BCUT2D eigenvalue weighted by Crippen LogP contribution is -2.35. The summed E-state index contributed by atoms with van der Waals surface area (Å²) in [6.07, 6.45) is 6.46. The molecule has 24 heavy (non-hydrogen) atoms. The van der Waals surface area contributed by atoms with Crippen LogP contribution in [-0.2, 0) is 4.79 Å². The van der Waals surface area contributed by atoms with Crippen LogP contribution in [0, 0.1) is 17.8 Å². The van der Waals surface area contributed by atoms with E-state index >= 15 is 0 Å². The van der Waals surface area contributed by atoms with E-state index in [1.165, 1.54) is 6.42 Å². The Bertz CT molecular complexity index is 552. The molecule has 1 aliphatic carbocycles. The van der Waals surface area contributed by atoms with E-state index in [0.717, 1.165) is 56.6 Å². The number of carbonyl (C=O) groups excluding carboxylic acids is 1. The van der Waals surface area contributed by atoms with E-state index < -0.39 is 0 Å². The Labute approximate surface area is 145 Å². The lowest BCUT2D eigenvalue weighted by atomic mass is 9.82. The molecule has 0 radical (unpaired) electrons. The molecule has 0 bridgehead atoms. The second-order valence-corrected chi connectivity index (χ2v) is 7.59. The number of hydrogen-bond donors (Lipinski definition) is 2. The van der Waals surface area contributed by atoms with Crippen molar-refractivity contribution in [2.24, 2.45) is 17.8 Å². The minimum Gasteiger partial charge on any atom is -0.396 e. The Morgan fingerprint density at radius 1 is 1.21 bits per heavy atom. The third-order valence-corrected chi connectivity index (χ3v) is 5.68. The summed E-state index contributed by atoms with van der Waals surface area (Å²) in [4.78, 5) is 15.0. The number of rotatable bonds is 4. The van der Waals surface area contributed by atoms with Crippen molar-refractivity contribution in [1.29, 1.82) is 0 Å². The Hall–Kier alpha value is -1.55. The van der Waals surface area contributed by atoms with Crippen molar-refractivity contribution < 1.29 is 9.90 Å². The molecule has 1 saturated heterocycles. The molecule has 0 spiro atoms. The van der Waals surface area contributed by atoms with Crippen LogP contribution in [0.4, 0.5) is 11.4 Å². The standard InChI is InChI=1S/C20H30N2O2/c1-15-5-4-6-17(13-15)20(24)21-18-7-2-3-8-19(18)22-11-9-16(14-23)10-12-22/h2-3,7-8,15-17,23H,4-6,9-14H2,1H3,(H,21,24). The van der Waals surface area contributed by atoms with Crippen LogP contribution >= 0.6 is 0 Å². The number of benzene rings is 1. The first kappa shape index (κ1) is 17.3. The topological polar surface area (TPSA) is 52.6 Å². The van der Waals surface area contributed by atoms with Gasteiger partial charge in [0.15, 0.2) is 0 Å². The number of anilines is 2. The van der Waals surface area contributed by atoms with Crippen molar-refractivity contribution in [1.82, 2.24) is 0 Å². The monoisotopic (exact) mass is 330 g/mol. The summed E-state index contributed by atoms with van der Waals surface area (Å²) in [5.41, 5.74) is 2.05. The maximum atomic E-state index is 12.7. The minimum atomic E-state index is 0.155. The summed E-state index contributed by atoms with van der Waals surface area (Å²) in [6, 6.07) is 8.13. The van der Waals surface area contributed by atoms with Crippen LogP contribution in [0.2, 0.25) is 0 Å². The third-order valence-electron chi connectivity index (χ3n) is 5.68. The first-order chi connectivity index (χ1) is 11.7. The van der Waals surface area contributed by atoms with Gasteiger partial charge in [-0.1, -0.05) is 31.9 Å². The van der Waals surface area contributed by atoms with Gasteiger partial charge in [0.1, 0.15) is 0 Å². The fourth-order valence-electron chi connectivity index (χ4n) is 4.12. The number of piperidine rings is 1. The largest absolute Gasteiger partial charge is 0.396 e. The molecule has 1 aromatic rings. The molecule has 2 aliphatic rings. The van der Waals surface area contributed by atoms with E-state index in [-0.39, 0.29) is 18.4 Å². The number of amides is 1. The lowest BCUT2D eigenvalue weighted by molar-refractivity contribution is -0.121. The quantitative estimate of drug-likeness (QED) is 0.886. The first-order valence-electron chi connectivity index (χ1n) is 9.43. The predicted molar refractivity (Wildman–Crippen MR) is 98.2 cm³/mol. The Morgan fingerprint density at radius 2 is 1.96 bits per heavy atom. The highest BCUT2D eigenvalue weighted by atomic mass is 16.3. The van der Waals surface area contributed by atoms with Crippen molar-refractivity contribution in [3.63, 3.8) is 0 Å². The molecule has 2 atom stereocenters. The normalized spacial score (nSPS) is 25.5. The van der Waals surface area contributed by atoms with Gasteiger partial charge in [0, 0.05) is 25.6 Å². The molecule has 4 heteroatoms. The number of hydrogen-bond acceptors (Lipinski definition) is 3. The second kappa shape index (κ2) is 8.02. The Kier molecular flexibility index (Phi) is 5.77. The number of para-hydroxylation sites is 2. The van der Waals surface area contributed by atoms with Crippen molar-refractivity contribution in [3.8, 4) is 0 Å². The SMILES string of the molecule is CC1CCCC(C(=O)Nc2ccccc2N2CCC(CO)CC2)C1. The molecule has 1 saturated carbocycles. The van der Waals surface area contributed by atoms with E-state index in [2.05, 4.69) is 23.2 Å². The number of carbonyl (C=O) groups is 1. The van der Waals surface area contributed by atoms with Crippen molar-refractivity contribution >= 4 is 17.3 Å². The fraction of sp³-hybridized carbons (Fsp3) is 0.650. The summed E-state index contributed by atoms with van der Waals surface area (Å²) in [5.74, 6) is 1.41. The molecule has 2 unspecified atom stereocenters. The molecule has 1 amide bonds. The average molecular weight is 330 g/mol. The van der Waals surface area contributed by atoms with Gasteiger partial charge in [-0.15, -0.1) is 0 Å². The van der Waals surface area contributed by atoms with Crippen LogP contribution < -0.4 is 10.2 Å². The minimum absolute atomic E-state index is 0.155. The molecular weight excluding hydrogens is 300 g/mol. The van der Waals surface area contributed by atoms with Gasteiger partial charge >= 0.3 is 0 Å². The summed E-state index contributed by atoms with van der Waals surface area (Å²) in [6.45, 7) is 4.42. The van der Waals surface area contributed by atoms with Crippen molar-refractivity contribution in [2.75, 3.05) is 29.9 Å². The van der Waals surface area contributed by atoms with Gasteiger partial charge in [-0.2, -0.15) is 0 Å². The van der Waals surface area contributed by atoms with Crippen LogP contribution in [-0.4, -0.2) is 30.7 Å². The molecule has 1 aromatic carbocycles. The number of aliphatic hydroxyl groups is 1. The van der Waals surface area contributed by atoms with Crippen LogP contribution in [0.25, 0.3) is 0 Å². The van der Waals surface area contributed by atoms with Gasteiger partial charge in [-0.05, 0) is 49.7 Å². The van der Waals surface area contributed by atoms with Gasteiger partial charge in [0.2, 0.25) is 5.91 Å². The third kappa shape index (κ3) is 4.10. The summed E-state index contributed by atoms with van der Waals surface area (Å²) >= 11 is 0. The number of aliphatic hydroxyl groups excluding tert-OH is 1. The van der Waals surface area contributed by atoms with Crippen LogP contribution in [0.5, 0.6) is 0 Å². The Balaban J connectivity index is 1.67.